The average Bonchev–Trinajstić information content (AvgIpc) is 1.88. The predicted molar refractivity (Wildman–Crippen MR) is 42.6 cm³/mol. The van der Waals surface area contributed by atoms with E-state index in [9.17, 15) is 0 Å². The van der Waals surface area contributed by atoms with E-state index < -0.39 is 0 Å². The number of rotatable bonds is 1. The molecule has 0 aliphatic rings. The summed E-state index contributed by atoms with van der Waals surface area (Å²) in [6.45, 7) is 0. The molecule has 0 spiro atoms. The van der Waals surface area contributed by atoms with Crippen LogP contribution in [-0.2, 0) is 0 Å². The Balaban J connectivity index is 2.94. The van der Waals surface area contributed by atoms with Crippen LogP contribution in [0.15, 0.2) is 24.3 Å². The normalized spacial score (nSPS) is 9.56. The summed E-state index contributed by atoms with van der Waals surface area (Å²) >= 11 is 9.16. The van der Waals surface area contributed by atoms with Crippen LogP contribution in [-0.4, -0.2) is 27.3 Å². The molecule has 0 unspecified atom stereocenters. The van der Waals surface area contributed by atoms with Gasteiger partial charge in [-0.2, -0.15) is 0 Å². The maximum atomic E-state index is 5.72. The maximum absolute atomic E-state index is 5.72. The second-order valence-corrected chi connectivity index (χ2v) is 5.13. The molecule has 1 radical (unpaired) electrons. The molecule has 3 heteroatoms. The van der Waals surface area contributed by atoms with Gasteiger partial charge in [-0.05, 0) is 0 Å². The third-order valence-corrected chi connectivity index (χ3v) is 4.16. The van der Waals surface area contributed by atoms with Crippen molar-refractivity contribution >= 4 is 43.4 Å². The first kappa shape index (κ1) is 7.65. The van der Waals surface area contributed by atoms with E-state index >= 15 is 0 Å². The van der Waals surface area contributed by atoms with E-state index in [1.54, 1.807) is 0 Å². The van der Waals surface area contributed by atoms with Crippen molar-refractivity contribution in [3.8, 4) is 0 Å². The molecular formula is C6H4ClSe2. The Bertz CT molecular complexity index is 200. The van der Waals surface area contributed by atoms with Gasteiger partial charge in [-0.25, -0.2) is 0 Å². The molecule has 0 aliphatic heterocycles. The molecule has 0 aromatic heterocycles. The van der Waals surface area contributed by atoms with Crippen LogP contribution in [0.3, 0.4) is 0 Å². The summed E-state index contributed by atoms with van der Waals surface area (Å²) in [5.41, 5.74) is 0. The van der Waals surface area contributed by atoms with Gasteiger partial charge < -0.3 is 0 Å². The minimum absolute atomic E-state index is 0.449. The monoisotopic (exact) mass is 271 g/mol. The third kappa shape index (κ3) is 2.33. The molecule has 1 rings (SSSR count). The molecule has 1 aromatic carbocycles. The van der Waals surface area contributed by atoms with Crippen LogP contribution in [0.2, 0.25) is 5.02 Å². The summed E-state index contributed by atoms with van der Waals surface area (Å²) < 4.78 is 1.30. The summed E-state index contributed by atoms with van der Waals surface area (Å²) in [6, 6.07) is 7.91. The molecule has 0 atom stereocenters. The van der Waals surface area contributed by atoms with Crippen LogP contribution in [0.4, 0.5) is 0 Å². The van der Waals surface area contributed by atoms with E-state index in [4.69, 9.17) is 11.6 Å². The molecule has 0 heterocycles. The zero-order valence-electron chi connectivity index (χ0n) is 4.50. The molecule has 0 amide bonds. The van der Waals surface area contributed by atoms with Crippen LogP contribution in [0.5, 0.6) is 0 Å². The van der Waals surface area contributed by atoms with Crippen molar-refractivity contribution in [2.45, 2.75) is 0 Å². The molecule has 47 valence electrons. The Morgan fingerprint density at radius 1 is 1.44 bits per heavy atom. The second kappa shape index (κ2) is 3.65. The third-order valence-electron chi connectivity index (χ3n) is 0.892. The molecule has 0 bridgehead atoms. The van der Waals surface area contributed by atoms with E-state index in [0.717, 1.165) is 5.02 Å². The van der Waals surface area contributed by atoms with E-state index in [2.05, 4.69) is 20.3 Å². The molecule has 0 saturated carbocycles. The average molecular weight is 269 g/mol. The number of hydrogen-bond acceptors (Lipinski definition) is 0. The van der Waals surface area contributed by atoms with Crippen molar-refractivity contribution in [3.63, 3.8) is 0 Å². The fraction of sp³-hybridized carbons (Fsp3) is 0. The van der Waals surface area contributed by atoms with Gasteiger partial charge in [-0.1, -0.05) is 0 Å². The zero-order chi connectivity index (χ0) is 6.69. The van der Waals surface area contributed by atoms with Gasteiger partial charge in [-0.15, -0.1) is 0 Å². The molecule has 9 heavy (non-hydrogen) atoms. The van der Waals surface area contributed by atoms with Gasteiger partial charge in [-0.3, -0.25) is 0 Å². The quantitative estimate of drug-likeness (QED) is 0.660. The molecule has 0 nitrogen and oxygen atoms in total. The predicted octanol–water partition coefficient (Wildman–Crippen LogP) is 0.753. The summed E-state index contributed by atoms with van der Waals surface area (Å²) in [4.78, 5) is 0. The number of benzene rings is 1. The van der Waals surface area contributed by atoms with Crippen LogP contribution >= 0.6 is 11.6 Å². The molecule has 0 N–H and O–H groups in total. The first-order valence-electron chi connectivity index (χ1n) is 2.38. The standard InChI is InChI=1S/C6H4ClSe2/c7-5-2-1-3-6(4-5)9-8/h1-4H. The van der Waals surface area contributed by atoms with Crippen molar-refractivity contribution in [3.05, 3.63) is 29.3 Å². The van der Waals surface area contributed by atoms with Crippen LogP contribution in [0.25, 0.3) is 0 Å². The van der Waals surface area contributed by atoms with Gasteiger partial charge in [0.05, 0.1) is 0 Å². The summed E-state index contributed by atoms with van der Waals surface area (Å²) in [5, 5.41) is 0.824. The summed E-state index contributed by atoms with van der Waals surface area (Å²) in [7, 11) is 0. The zero-order valence-corrected chi connectivity index (χ0v) is 8.69. The molecular weight excluding hydrogens is 265 g/mol. The Morgan fingerprint density at radius 3 is 2.67 bits per heavy atom. The van der Waals surface area contributed by atoms with E-state index in [0.29, 0.717) is 13.1 Å². The van der Waals surface area contributed by atoms with Crippen LogP contribution in [0, 0.1) is 0 Å². The van der Waals surface area contributed by atoms with Crippen molar-refractivity contribution in [1.82, 2.24) is 0 Å². The van der Waals surface area contributed by atoms with E-state index in [-0.39, 0.29) is 0 Å². The summed E-state index contributed by atoms with van der Waals surface area (Å²) in [5.74, 6) is 0. The van der Waals surface area contributed by atoms with Crippen molar-refractivity contribution in [2.24, 2.45) is 0 Å². The SMILES string of the molecule is Clc1cccc([Se][Se])c1. The fourth-order valence-corrected chi connectivity index (χ4v) is 2.63. The van der Waals surface area contributed by atoms with E-state index in [1.807, 2.05) is 18.2 Å². The van der Waals surface area contributed by atoms with E-state index in [1.165, 1.54) is 4.46 Å². The first-order chi connectivity index (χ1) is 4.33. The first-order valence-corrected chi connectivity index (χ1v) is 7.95. The fourth-order valence-electron chi connectivity index (χ4n) is 0.519. The second-order valence-electron chi connectivity index (χ2n) is 1.54. The Labute approximate surface area is 72.5 Å². The molecule has 1 aromatic rings. The van der Waals surface area contributed by atoms with Crippen LogP contribution < -0.4 is 4.46 Å². The molecule has 0 saturated heterocycles. The van der Waals surface area contributed by atoms with Gasteiger partial charge in [0, 0.05) is 0 Å². The van der Waals surface area contributed by atoms with Crippen molar-refractivity contribution < 1.29 is 0 Å². The van der Waals surface area contributed by atoms with Gasteiger partial charge in [0.15, 0.2) is 0 Å². The Morgan fingerprint density at radius 2 is 2.22 bits per heavy atom. The minimum atomic E-state index is 0.449. The number of hydrogen-bond donors (Lipinski definition) is 0. The Hall–Kier alpha value is 0.549. The van der Waals surface area contributed by atoms with Gasteiger partial charge >= 0.3 is 72.7 Å². The molecule has 0 aliphatic carbocycles. The van der Waals surface area contributed by atoms with Crippen molar-refractivity contribution in [2.75, 3.05) is 0 Å². The topological polar surface area (TPSA) is 0 Å². The molecule has 0 fully saturated rings. The number of halogens is 1. The van der Waals surface area contributed by atoms with Gasteiger partial charge in [0.25, 0.3) is 0 Å². The van der Waals surface area contributed by atoms with Gasteiger partial charge in [0.2, 0.25) is 0 Å². The summed E-state index contributed by atoms with van der Waals surface area (Å²) in [6.07, 6.45) is 0. The van der Waals surface area contributed by atoms with Gasteiger partial charge in [0.1, 0.15) is 0 Å². The van der Waals surface area contributed by atoms with Crippen molar-refractivity contribution in [1.29, 1.82) is 0 Å². The van der Waals surface area contributed by atoms with Crippen LogP contribution in [0.1, 0.15) is 0 Å². The Kier molecular flexibility index (Phi) is 3.11.